The molecule has 130 valence electrons. The molecule has 2 aromatic carbocycles. The number of carbonyl (C=O) groups excluding carboxylic acids is 2. The van der Waals surface area contributed by atoms with Gasteiger partial charge < -0.3 is 15.7 Å². The summed E-state index contributed by atoms with van der Waals surface area (Å²) >= 11 is 0. The molecule has 0 spiro atoms. The lowest BCUT2D eigenvalue weighted by Gasteiger charge is -2.16. The van der Waals surface area contributed by atoms with Gasteiger partial charge in [0.15, 0.2) is 0 Å². The van der Waals surface area contributed by atoms with Gasteiger partial charge in [-0.25, -0.2) is 4.79 Å². The first-order chi connectivity index (χ1) is 12.0. The number of carbonyl (C=O) groups is 2. The Morgan fingerprint density at radius 2 is 2.04 bits per heavy atom. The van der Waals surface area contributed by atoms with E-state index >= 15 is 0 Å². The zero-order valence-electron chi connectivity index (χ0n) is 14.0. The summed E-state index contributed by atoms with van der Waals surface area (Å²) in [5.74, 6) is -0.285. The molecule has 6 nitrogen and oxygen atoms in total. The summed E-state index contributed by atoms with van der Waals surface area (Å²) in [7, 11) is 0. The third kappa shape index (κ3) is 3.97. The highest BCUT2D eigenvalue weighted by atomic mass is 16.3. The van der Waals surface area contributed by atoms with Crippen LogP contribution in [0.5, 0.6) is 0 Å². The fourth-order valence-corrected chi connectivity index (χ4v) is 2.73. The Morgan fingerprint density at radius 3 is 2.72 bits per heavy atom. The van der Waals surface area contributed by atoms with Crippen molar-refractivity contribution >= 4 is 17.6 Å². The highest BCUT2D eigenvalue weighted by molar-refractivity contribution is 5.98. The van der Waals surface area contributed by atoms with Crippen LogP contribution in [0.4, 0.5) is 10.5 Å². The molecule has 1 saturated heterocycles. The van der Waals surface area contributed by atoms with E-state index in [1.165, 1.54) is 0 Å². The average Bonchev–Trinajstić information content (AvgIpc) is 3.06. The van der Waals surface area contributed by atoms with Crippen molar-refractivity contribution in [3.63, 3.8) is 0 Å². The lowest BCUT2D eigenvalue weighted by atomic mass is 10.1. The van der Waals surface area contributed by atoms with Gasteiger partial charge in [-0.2, -0.15) is 0 Å². The van der Waals surface area contributed by atoms with Gasteiger partial charge in [0.25, 0.3) is 5.91 Å². The molecule has 1 heterocycles. The van der Waals surface area contributed by atoms with Crippen molar-refractivity contribution in [2.75, 3.05) is 24.5 Å². The van der Waals surface area contributed by atoms with E-state index in [-0.39, 0.29) is 18.5 Å². The van der Waals surface area contributed by atoms with Gasteiger partial charge in [-0.15, -0.1) is 0 Å². The lowest BCUT2D eigenvalue weighted by Crippen LogP contribution is -2.30. The number of nitrogens with one attached hydrogen (secondary N) is 2. The van der Waals surface area contributed by atoms with E-state index in [0.29, 0.717) is 24.3 Å². The second-order valence-electron chi connectivity index (χ2n) is 6.07. The first kappa shape index (κ1) is 17.0. The zero-order chi connectivity index (χ0) is 17.8. The van der Waals surface area contributed by atoms with Crippen LogP contribution in [0, 0.1) is 6.92 Å². The predicted molar refractivity (Wildman–Crippen MR) is 95.7 cm³/mol. The minimum Gasteiger partial charge on any atom is -0.387 e. The van der Waals surface area contributed by atoms with Crippen molar-refractivity contribution in [3.05, 3.63) is 65.2 Å². The van der Waals surface area contributed by atoms with Crippen molar-refractivity contribution in [1.29, 1.82) is 0 Å². The third-order valence-corrected chi connectivity index (χ3v) is 4.19. The quantitative estimate of drug-likeness (QED) is 0.779. The van der Waals surface area contributed by atoms with E-state index in [9.17, 15) is 14.7 Å². The van der Waals surface area contributed by atoms with E-state index in [2.05, 4.69) is 10.6 Å². The van der Waals surface area contributed by atoms with Gasteiger partial charge >= 0.3 is 6.03 Å². The Kier molecular flexibility index (Phi) is 5.00. The van der Waals surface area contributed by atoms with Gasteiger partial charge in [0.05, 0.1) is 6.10 Å². The number of aryl methyl sites for hydroxylation is 1. The van der Waals surface area contributed by atoms with Crippen LogP contribution in [0.1, 0.15) is 27.6 Å². The number of rotatable bonds is 5. The normalized spacial score (nSPS) is 15.0. The summed E-state index contributed by atoms with van der Waals surface area (Å²) in [6, 6.07) is 14.3. The Hall–Kier alpha value is -2.86. The van der Waals surface area contributed by atoms with Gasteiger partial charge in [-0.3, -0.25) is 9.69 Å². The number of amides is 3. The number of aliphatic hydroxyl groups excluding tert-OH is 1. The molecule has 2 aromatic rings. The van der Waals surface area contributed by atoms with E-state index < -0.39 is 6.10 Å². The molecule has 3 rings (SSSR count). The fraction of sp³-hybridized carbons (Fsp3) is 0.263. The summed E-state index contributed by atoms with van der Waals surface area (Å²) in [5.41, 5.74) is 3.01. The van der Waals surface area contributed by atoms with Crippen LogP contribution in [-0.4, -0.2) is 36.7 Å². The van der Waals surface area contributed by atoms with Gasteiger partial charge in [-0.05, 0) is 30.7 Å². The molecule has 25 heavy (non-hydrogen) atoms. The van der Waals surface area contributed by atoms with Crippen LogP contribution in [0.2, 0.25) is 0 Å². The van der Waals surface area contributed by atoms with Crippen molar-refractivity contribution in [2.24, 2.45) is 0 Å². The molecule has 1 unspecified atom stereocenters. The maximum absolute atomic E-state index is 12.3. The Balaban J connectivity index is 1.63. The summed E-state index contributed by atoms with van der Waals surface area (Å²) in [5, 5.41) is 15.7. The van der Waals surface area contributed by atoms with Crippen molar-refractivity contribution in [2.45, 2.75) is 13.0 Å². The smallest absolute Gasteiger partial charge is 0.321 e. The molecular weight excluding hydrogens is 318 g/mol. The molecule has 1 fully saturated rings. The second kappa shape index (κ2) is 7.36. The van der Waals surface area contributed by atoms with Crippen LogP contribution < -0.4 is 15.5 Å². The number of hydrogen-bond donors (Lipinski definition) is 3. The van der Waals surface area contributed by atoms with Crippen LogP contribution in [0.25, 0.3) is 0 Å². The van der Waals surface area contributed by atoms with Crippen molar-refractivity contribution in [1.82, 2.24) is 10.6 Å². The zero-order valence-corrected chi connectivity index (χ0v) is 14.0. The molecule has 1 atom stereocenters. The molecule has 3 amide bonds. The molecule has 0 bridgehead atoms. The third-order valence-electron chi connectivity index (χ3n) is 4.19. The van der Waals surface area contributed by atoms with Crippen molar-refractivity contribution < 1.29 is 14.7 Å². The molecule has 0 saturated carbocycles. The number of anilines is 1. The fourth-order valence-electron chi connectivity index (χ4n) is 2.73. The van der Waals surface area contributed by atoms with E-state index in [4.69, 9.17) is 0 Å². The summed E-state index contributed by atoms with van der Waals surface area (Å²) < 4.78 is 0. The van der Waals surface area contributed by atoms with Crippen molar-refractivity contribution in [3.8, 4) is 0 Å². The molecule has 3 N–H and O–H groups in total. The minimum absolute atomic E-state index is 0.121. The van der Waals surface area contributed by atoms with E-state index in [0.717, 1.165) is 11.1 Å². The second-order valence-corrected chi connectivity index (χ2v) is 6.07. The van der Waals surface area contributed by atoms with Gasteiger partial charge in [-0.1, -0.05) is 35.9 Å². The molecule has 1 aliphatic heterocycles. The molecule has 6 heteroatoms. The number of aliphatic hydroxyl groups is 1. The average molecular weight is 339 g/mol. The van der Waals surface area contributed by atoms with Gasteiger partial charge in [0.1, 0.15) is 0 Å². The standard InChI is InChI=1S/C19H21N3O3/c1-13-5-7-14(8-6-13)17(23)12-21-18(24)15-3-2-4-16(11-15)22-10-9-20-19(22)25/h2-8,11,17,23H,9-10,12H2,1H3,(H,20,25)(H,21,24). The van der Waals surface area contributed by atoms with E-state index in [1.54, 1.807) is 29.2 Å². The molecule has 1 aliphatic rings. The summed E-state index contributed by atoms with van der Waals surface area (Å²) in [4.78, 5) is 25.7. The minimum atomic E-state index is -0.767. The summed E-state index contributed by atoms with van der Waals surface area (Å²) in [6.45, 7) is 3.27. The lowest BCUT2D eigenvalue weighted by molar-refractivity contribution is 0.0916. The maximum atomic E-state index is 12.3. The summed E-state index contributed by atoms with van der Waals surface area (Å²) in [6.07, 6.45) is -0.767. The number of nitrogens with zero attached hydrogens (tertiary/aromatic N) is 1. The number of benzene rings is 2. The molecule has 0 aromatic heterocycles. The number of hydrogen-bond acceptors (Lipinski definition) is 3. The van der Waals surface area contributed by atoms with Crippen LogP contribution in [0.3, 0.4) is 0 Å². The van der Waals surface area contributed by atoms with Gasteiger partial charge in [0.2, 0.25) is 0 Å². The Bertz CT molecular complexity index is 774. The number of urea groups is 1. The highest BCUT2D eigenvalue weighted by Crippen LogP contribution is 2.18. The monoisotopic (exact) mass is 339 g/mol. The topological polar surface area (TPSA) is 81.7 Å². The maximum Gasteiger partial charge on any atom is 0.321 e. The SMILES string of the molecule is Cc1ccc(C(O)CNC(=O)c2cccc(N3CCNC3=O)c2)cc1. The van der Waals surface area contributed by atoms with E-state index in [1.807, 2.05) is 31.2 Å². The van der Waals surface area contributed by atoms with Gasteiger partial charge in [0, 0.05) is 30.9 Å². The first-order valence-corrected chi connectivity index (χ1v) is 8.23. The van der Waals surface area contributed by atoms with Crippen LogP contribution in [0.15, 0.2) is 48.5 Å². The first-order valence-electron chi connectivity index (χ1n) is 8.23. The highest BCUT2D eigenvalue weighted by Gasteiger charge is 2.21. The Morgan fingerprint density at radius 1 is 1.28 bits per heavy atom. The molecule has 0 radical (unpaired) electrons. The molecular formula is C19H21N3O3. The van der Waals surface area contributed by atoms with Crippen LogP contribution in [-0.2, 0) is 0 Å². The van der Waals surface area contributed by atoms with Crippen LogP contribution >= 0.6 is 0 Å². The Labute approximate surface area is 146 Å². The molecule has 0 aliphatic carbocycles. The predicted octanol–water partition coefficient (Wildman–Crippen LogP) is 1.99. The largest absolute Gasteiger partial charge is 0.387 e.